The molecule has 0 fully saturated rings. The van der Waals surface area contributed by atoms with Gasteiger partial charge in [0.15, 0.2) is 0 Å². The van der Waals surface area contributed by atoms with E-state index < -0.39 is 0 Å². The highest BCUT2D eigenvalue weighted by atomic mass is 127. The Balaban J connectivity index is 1.62. The Bertz CT molecular complexity index is 1170. The average Bonchev–Trinajstić information content (AvgIpc) is 2.97. The number of hydrogen-bond acceptors (Lipinski definition) is 0. The molecule has 4 aromatic carbocycles. The van der Waals surface area contributed by atoms with Gasteiger partial charge >= 0.3 is 0 Å². The van der Waals surface area contributed by atoms with Crippen LogP contribution in [0.3, 0.4) is 0 Å². The van der Waals surface area contributed by atoms with Crippen molar-refractivity contribution >= 4 is 22.6 Å². The highest BCUT2D eigenvalue weighted by Crippen LogP contribution is 2.51. The largest absolute Gasteiger partial charge is 0.0619 e. The quantitative estimate of drug-likeness (QED) is 0.260. The summed E-state index contributed by atoms with van der Waals surface area (Å²) in [7, 11) is 0. The van der Waals surface area contributed by atoms with E-state index in [0.29, 0.717) is 0 Å². The molecule has 0 amide bonds. The maximum absolute atomic E-state index is 2.35. The summed E-state index contributed by atoms with van der Waals surface area (Å²) in [6, 6.07) is 33.3. The molecule has 4 aromatic rings. The molecule has 0 aliphatic heterocycles. The first-order valence-corrected chi connectivity index (χ1v) is 10.7. The van der Waals surface area contributed by atoms with Gasteiger partial charge in [0, 0.05) is 8.99 Å². The molecule has 1 aliphatic rings. The van der Waals surface area contributed by atoms with Gasteiger partial charge in [-0.2, -0.15) is 0 Å². The zero-order valence-electron chi connectivity index (χ0n) is 16.0. The van der Waals surface area contributed by atoms with Crippen LogP contribution in [-0.2, 0) is 5.41 Å². The van der Waals surface area contributed by atoms with Crippen LogP contribution >= 0.6 is 22.6 Å². The third-order valence-electron chi connectivity index (χ3n) is 5.95. The van der Waals surface area contributed by atoms with Gasteiger partial charge in [-0.15, -0.1) is 0 Å². The second-order valence-electron chi connectivity index (χ2n) is 7.98. The van der Waals surface area contributed by atoms with Crippen LogP contribution in [0.15, 0.2) is 91.0 Å². The Morgan fingerprint density at radius 3 is 1.79 bits per heavy atom. The minimum Gasteiger partial charge on any atom is -0.0619 e. The Labute approximate surface area is 180 Å². The first-order valence-electron chi connectivity index (χ1n) is 9.65. The standard InChI is InChI=1S/C27H21I/c1-27(2)25-9-4-3-6-23(25)24-8-5-7-22(26(24)27)20-12-10-18(11-13-20)19-14-16-21(28)17-15-19/h3-17H,1-2H3. The Morgan fingerprint density at radius 1 is 0.536 bits per heavy atom. The van der Waals surface area contributed by atoms with E-state index in [2.05, 4.69) is 127 Å². The molecule has 5 rings (SSSR count). The molecule has 0 spiro atoms. The summed E-state index contributed by atoms with van der Waals surface area (Å²) >= 11 is 2.35. The summed E-state index contributed by atoms with van der Waals surface area (Å²) in [5.41, 5.74) is 10.8. The SMILES string of the molecule is CC1(C)c2ccccc2-c2cccc(-c3ccc(-c4ccc(I)cc4)cc3)c21. The van der Waals surface area contributed by atoms with Crippen molar-refractivity contribution in [2.24, 2.45) is 0 Å². The van der Waals surface area contributed by atoms with Gasteiger partial charge in [0.05, 0.1) is 0 Å². The fraction of sp³-hybridized carbons (Fsp3) is 0.111. The predicted molar refractivity (Wildman–Crippen MR) is 128 cm³/mol. The fourth-order valence-corrected chi connectivity index (χ4v) is 4.93. The Kier molecular flexibility index (Phi) is 4.17. The smallest absolute Gasteiger partial charge is 0.0165 e. The van der Waals surface area contributed by atoms with Crippen LogP contribution < -0.4 is 0 Å². The molecular weight excluding hydrogens is 451 g/mol. The molecule has 0 saturated carbocycles. The lowest BCUT2D eigenvalue weighted by Crippen LogP contribution is -2.16. The summed E-state index contributed by atoms with van der Waals surface area (Å²) < 4.78 is 1.26. The van der Waals surface area contributed by atoms with Gasteiger partial charge in [0.1, 0.15) is 0 Å². The fourth-order valence-electron chi connectivity index (χ4n) is 4.57. The van der Waals surface area contributed by atoms with Crippen molar-refractivity contribution < 1.29 is 0 Å². The lowest BCUT2D eigenvalue weighted by Gasteiger charge is -2.24. The molecule has 0 unspecified atom stereocenters. The lowest BCUT2D eigenvalue weighted by molar-refractivity contribution is 0.662. The van der Waals surface area contributed by atoms with Crippen molar-refractivity contribution in [3.8, 4) is 33.4 Å². The third kappa shape index (κ3) is 2.72. The van der Waals surface area contributed by atoms with Crippen LogP contribution in [0, 0.1) is 3.57 Å². The summed E-state index contributed by atoms with van der Waals surface area (Å²) in [6.45, 7) is 4.70. The molecule has 28 heavy (non-hydrogen) atoms. The van der Waals surface area contributed by atoms with E-state index in [-0.39, 0.29) is 5.41 Å². The minimum absolute atomic E-state index is 0.0112. The number of rotatable bonds is 2. The van der Waals surface area contributed by atoms with E-state index in [0.717, 1.165) is 0 Å². The molecule has 0 N–H and O–H groups in total. The third-order valence-corrected chi connectivity index (χ3v) is 6.67. The van der Waals surface area contributed by atoms with Gasteiger partial charge < -0.3 is 0 Å². The summed E-state index contributed by atoms with van der Waals surface area (Å²) in [6.07, 6.45) is 0. The molecule has 1 heteroatoms. The summed E-state index contributed by atoms with van der Waals surface area (Å²) in [4.78, 5) is 0. The maximum atomic E-state index is 2.35. The van der Waals surface area contributed by atoms with E-state index >= 15 is 0 Å². The van der Waals surface area contributed by atoms with E-state index in [1.807, 2.05) is 0 Å². The molecule has 0 saturated heterocycles. The zero-order chi connectivity index (χ0) is 19.3. The molecule has 1 aliphatic carbocycles. The number of fused-ring (bicyclic) bond motifs is 3. The van der Waals surface area contributed by atoms with E-state index in [4.69, 9.17) is 0 Å². The number of benzene rings is 4. The number of hydrogen-bond donors (Lipinski definition) is 0. The minimum atomic E-state index is 0.0112. The van der Waals surface area contributed by atoms with Crippen molar-refractivity contribution in [1.29, 1.82) is 0 Å². The van der Waals surface area contributed by atoms with E-state index in [1.54, 1.807) is 0 Å². The van der Waals surface area contributed by atoms with Crippen LogP contribution in [0.4, 0.5) is 0 Å². The van der Waals surface area contributed by atoms with Gasteiger partial charge in [-0.05, 0) is 79.2 Å². The van der Waals surface area contributed by atoms with Gasteiger partial charge in [-0.3, -0.25) is 0 Å². The molecule has 0 heterocycles. The molecule has 0 aromatic heterocycles. The lowest BCUT2D eigenvalue weighted by atomic mass is 9.79. The average molecular weight is 472 g/mol. The maximum Gasteiger partial charge on any atom is 0.0165 e. The highest BCUT2D eigenvalue weighted by molar-refractivity contribution is 14.1. The summed E-state index contributed by atoms with van der Waals surface area (Å²) in [5.74, 6) is 0. The van der Waals surface area contributed by atoms with Crippen molar-refractivity contribution in [2.45, 2.75) is 19.3 Å². The van der Waals surface area contributed by atoms with Crippen LogP contribution in [0.1, 0.15) is 25.0 Å². The van der Waals surface area contributed by atoms with Crippen molar-refractivity contribution in [1.82, 2.24) is 0 Å². The predicted octanol–water partition coefficient (Wildman–Crippen LogP) is 7.93. The van der Waals surface area contributed by atoms with Gasteiger partial charge in [-0.1, -0.05) is 92.7 Å². The summed E-state index contributed by atoms with van der Waals surface area (Å²) in [5, 5.41) is 0. The molecule has 0 nitrogen and oxygen atoms in total. The molecule has 136 valence electrons. The van der Waals surface area contributed by atoms with Gasteiger partial charge in [0.25, 0.3) is 0 Å². The normalized spacial score (nSPS) is 13.8. The van der Waals surface area contributed by atoms with Gasteiger partial charge in [0.2, 0.25) is 0 Å². The highest BCUT2D eigenvalue weighted by Gasteiger charge is 2.37. The molecule has 0 bridgehead atoms. The first-order chi connectivity index (χ1) is 13.6. The van der Waals surface area contributed by atoms with Crippen LogP contribution in [0.25, 0.3) is 33.4 Å². The van der Waals surface area contributed by atoms with E-state index in [1.165, 1.54) is 48.1 Å². The molecule has 0 radical (unpaired) electrons. The second-order valence-corrected chi connectivity index (χ2v) is 9.23. The topological polar surface area (TPSA) is 0 Å². The van der Waals surface area contributed by atoms with Crippen LogP contribution in [0.2, 0.25) is 0 Å². The van der Waals surface area contributed by atoms with Crippen molar-refractivity contribution in [3.63, 3.8) is 0 Å². The molecule has 0 atom stereocenters. The van der Waals surface area contributed by atoms with Crippen LogP contribution in [-0.4, -0.2) is 0 Å². The second kappa shape index (κ2) is 6.59. The van der Waals surface area contributed by atoms with Gasteiger partial charge in [-0.25, -0.2) is 0 Å². The number of halogens is 1. The Hall–Kier alpha value is -2.39. The zero-order valence-corrected chi connectivity index (χ0v) is 18.2. The van der Waals surface area contributed by atoms with E-state index in [9.17, 15) is 0 Å². The molecular formula is C27H21I. The van der Waals surface area contributed by atoms with Crippen LogP contribution in [0.5, 0.6) is 0 Å². The van der Waals surface area contributed by atoms with Crippen molar-refractivity contribution in [2.75, 3.05) is 0 Å². The van der Waals surface area contributed by atoms with Crippen molar-refractivity contribution in [3.05, 3.63) is 106 Å². The Morgan fingerprint density at radius 2 is 1.07 bits per heavy atom. The monoisotopic (exact) mass is 472 g/mol. The first kappa shape index (κ1) is 17.7.